The molecule has 3 nitrogen and oxygen atoms in total. The van der Waals surface area contributed by atoms with Gasteiger partial charge >= 0.3 is 0 Å². The van der Waals surface area contributed by atoms with Gasteiger partial charge in [0.05, 0.1) is 11.8 Å². The van der Waals surface area contributed by atoms with Gasteiger partial charge in [0.2, 0.25) is 5.91 Å². The standard InChI is InChI=1S/C19H20N2OS2/c1-12-9-14(11-15-5-3-7-23-15)18-16(10-12)19(17-6-4-8-24-17)21(20-18)13(2)22/h3-8,11-12,16,19H,9-10H2,1-2H3/b14-11-. The monoisotopic (exact) mass is 356 g/mol. The molecular weight excluding hydrogens is 336 g/mol. The van der Waals surface area contributed by atoms with Gasteiger partial charge in [-0.3, -0.25) is 4.79 Å². The molecule has 2 aromatic heterocycles. The summed E-state index contributed by atoms with van der Waals surface area (Å²) in [6.45, 7) is 3.93. The molecule has 2 aliphatic rings. The van der Waals surface area contributed by atoms with E-state index in [2.05, 4.69) is 48.0 Å². The fourth-order valence-corrected chi connectivity index (χ4v) is 5.39. The molecular formula is C19H20N2OS2. The van der Waals surface area contributed by atoms with E-state index in [-0.39, 0.29) is 11.9 Å². The molecule has 2 aromatic rings. The molecule has 3 atom stereocenters. The number of hydrazone groups is 1. The third-order valence-corrected chi connectivity index (χ3v) is 6.54. The Bertz CT molecular complexity index is 789. The van der Waals surface area contributed by atoms with Crippen molar-refractivity contribution in [3.05, 3.63) is 50.4 Å². The van der Waals surface area contributed by atoms with E-state index in [4.69, 9.17) is 5.10 Å². The number of carbonyl (C=O) groups is 1. The highest BCUT2D eigenvalue weighted by atomic mass is 32.1. The number of nitrogens with zero attached hydrogens (tertiary/aromatic N) is 2. The Labute approximate surface area is 150 Å². The molecule has 1 aliphatic carbocycles. The van der Waals surface area contributed by atoms with Gasteiger partial charge in [-0.1, -0.05) is 19.1 Å². The molecule has 3 unspecified atom stereocenters. The third kappa shape index (κ3) is 2.76. The fourth-order valence-electron chi connectivity index (χ4n) is 3.83. The Morgan fingerprint density at radius 1 is 1.29 bits per heavy atom. The van der Waals surface area contributed by atoms with E-state index < -0.39 is 0 Å². The fraction of sp³-hybridized carbons (Fsp3) is 0.368. The molecule has 124 valence electrons. The predicted octanol–water partition coefficient (Wildman–Crippen LogP) is 5.20. The van der Waals surface area contributed by atoms with Gasteiger partial charge in [-0.15, -0.1) is 22.7 Å². The lowest BCUT2D eigenvalue weighted by atomic mass is 9.74. The minimum absolute atomic E-state index is 0.0263. The zero-order chi connectivity index (χ0) is 16.7. The summed E-state index contributed by atoms with van der Waals surface area (Å²) in [5.41, 5.74) is 2.42. The van der Waals surface area contributed by atoms with E-state index in [0.29, 0.717) is 11.8 Å². The number of allylic oxidation sites excluding steroid dienone is 1. The van der Waals surface area contributed by atoms with E-state index in [1.54, 1.807) is 34.6 Å². The average molecular weight is 357 g/mol. The zero-order valence-electron chi connectivity index (χ0n) is 13.8. The first-order valence-electron chi connectivity index (χ1n) is 8.29. The maximum atomic E-state index is 12.2. The number of hydrogen-bond acceptors (Lipinski definition) is 4. The van der Waals surface area contributed by atoms with Crippen LogP contribution in [0.3, 0.4) is 0 Å². The number of carbonyl (C=O) groups excluding carboxylic acids is 1. The Morgan fingerprint density at radius 2 is 2.08 bits per heavy atom. The summed E-state index contributed by atoms with van der Waals surface area (Å²) in [5, 5.41) is 10.7. The zero-order valence-corrected chi connectivity index (χ0v) is 15.4. The summed E-state index contributed by atoms with van der Waals surface area (Å²) >= 11 is 3.47. The molecule has 4 rings (SSSR count). The number of rotatable bonds is 2. The van der Waals surface area contributed by atoms with E-state index in [1.165, 1.54) is 15.3 Å². The van der Waals surface area contributed by atoms with Gasteiger partial charge in [0.25, 0.3) is 0 Å². The van der Waals surface area contributed by atoms with Crippen LogP contribution in [0.15, 0.2) is 45.7 Å². The molecule has 1 saturated carbocycles. The van der Waals surface area contributed by atoms with Gasteiger partial charge in [-0.05, 0) is 53.3 Å². The van der Waals surface area contributed by atoms with E-state index in [9.17, 15) is 4.79 Å². The smallest absolute Gasteiger partial charge is 0.240 e. The number of amides is 1. The van der Waals surface area contributed by atoms with Crippen LogP contribution >= 0.6 is 22.7 Å². The van der Waals surface area contributed by atoms with Crippen LogP contribution in [0.5, 0.6) is 0 Å². The minimum Gasteiger partial charge on any atom is -0.273 e. The molecule has 1 aliphatic heterocycles. The minimum atomic E-state index is 0.0263. The second kappa shape index (κ2) is 6.30. The van der Waals surface area contributed by atoms with Gasteiger partial charge in [0.15, 0.2) is 0 Å². The van der Waals surface area contributed by atoms with Crippen LogP contribution in [0.1, 0.15) is 42.5 Å². The highest BCUT2D eigenvalue weighted by molar-refractivity contribution is 7.11. The SMILES string of the molecule is CC(=O)N1N=C2/C(=C\c3cccs3)CC(C)CC2C1c1cccs1. The van der Waals surface area contributed by atoms with Crippen LogP contribution in [-0.2, 0) is 4.79 Å². The topological polar surface area (TPSA) is 32.7 Å². The van der Waals surface area contributed by atoms with Crippen molar-refractivity contribution in [3.8, 4) is 0 Å². The summed E-state index contributed by atoms with van der Waals surface area (Å²) in [5.74, 6) is 0.940. The van der Waals surface area contributed by atoms with E-state index in [1.807, 2.05) is 0 Å². The molecule has 5 heteroatoms. The maximum absolute atomic E-state index is 12.2. The van der Waals surface area contributed by atoms with Gasteiger partial charge in [-0.25, -0.2) is 5.01 Å². The van der Waals surface area contributed by atoms with Gasteiger partial charge in [0.1, 0.15) is 0 Å². The summed E-state index contributed by atoms with van der Waals surface area (Å²) < 4.78 is 0. The van der Waals surface area contributed by atoms with Crippen molar-refractivity contribution >= 4 is 40.4 Å². The summed E-state index contributed by atoms with van der Waals surface area (Å²) in [6.07, 6.45) is 4.39. The predicted molar refractivity (Wildman–Crippen MR) is 101 cm³/mol. The molecule has 0 saturated heterocycles. The van der Waals surface area contributed by atoms with Gasteiger partial charge in [0, 0.05) is 22.6 Å². The molecule has 0 radical (unpaired) electrons. The Hall–Kier alpha value is -1.72. The molecule has 3 heterocycles. The molecule has 0 spiro atoms. The van der Waals surface area contributed by atoms with Crippen molar-refractivity contribution in [2.24, 2.45) is 16.9 Å². The van der Waals surface area contributed by atoms with Crippen molar-refractivity contribution in [2.45, 2.75) is 32.7 Å². The lowest BCUT2D eigenvalue weighted by molar-refractivity contribution is -0.131. The first-order valence-corrected chi connectivity index (χ1v) is 10.1. The first-order chi connectivity index (χ1) is 11.6. The lowest BCUT2D eigenvalue weighted by Crippen LogP contribution is -2.31. The van der Waals surface area contributed by atoms with Crippen molar-refractivity contribution in [1.82, 2.24) is 5.01 Å². The van der Waals surface area contributed by atoms with E-state index >= 15 is 0 Å². The second-order valence-electron chi connectivity index (χ2n) is 6.65. The maximum Gasteiger partial charge on any atom is 0.240 e. The highest BCUT2D eigenvalue weighted by Crippen LogP contribution is 2.47. The lowest BCUT2D eigenvalue weighted by Gasteiger charge is -2.31. The quantitative estimate of drug-likeness (QED) is 0.728. The Morgan fingerprint density at radius 3 is 2.75 bits per heavy atom. The third-order valence-electron chi connectivity index (χ3n) is 4.78. The molecule has 0 N–H and O–H groups in total. The summed E-state index contributed by atoms with van der Waals surface area (Å²) in [7, 11) is 0. The van der Waals surface area contributed by atoms with Crippen LogP contribution in [0.25, 0.3) is 6.08 Å². The van der Waals surface area contributed by atoms with Crippen LogP contribution in [0.2, 0.25) is 0 Å². The number of fused-ring (bicyclic) bond motifs is 1. The number of thiophene rings is 2. The van der Waals surface area contributed by atoms with Crippen LogP contribution in [0.4, 0.5) is 0 Å². The van der Waals surface area contributed by atoms with Crippen molar-refractivity contribution in [3.63, 3.8) is 0 Å². The van der Waals surface area contributed by atoms with Crippen LogP contribution in [0, 0.1) is 11.8 Å². The van der Waals surface area contributed by atoms with Gasteiger partial charge in [-0.2, -0.15) is 5.10 Å². The van der Waals surface area contributed by atoms with Gasteiger partial charge < -0.3 is 0 Å². The van der Waals surface area contributed by atoms with Crippen LogP contribution in [-0.4, -0.2) is 16.6 Å². The molecule has 24 heavy (non-hydrogen) atoms. The largest absolute Gasteiger partial charge is 0.273 e. The molecule has 1 fully saturated rings. The Balaban J connectivity index is 1.77. The Kier molecular flexibility index (Phi) is 4.14. The second-order valence-corrected chi connectivity index (χ2v) is 8.60. The normalized spacial score (nSPS) is 28.1. The van der Waals surface area contributed by atoms with Crippen LogP contribution < -0.4 is 0 Å². The first kappa shape index (κ1) is 15.8. The van der Waals surface area contributed by atoms with Crippen molar-refractivity contribution in [2.75, 3.05) is 0 Å². The highest BCUT2D eigenvalue weighted by Gasteiger charge is 2.44. The molecule has 0 bridgehead atoms. The molecule has 0 aromatic carbocycles. The number of hydrogen-bond donors (Lipinski definition) is 0. The van der Waals surface area contributed by atoms with Crippen molar-refractivity contribution in [1.29, 1.82) is 0 Å². The average Bonchev–Trinajstić information content (AvgIpc) is 3.26. The van der Waals surface area contributed by atoms with E-state index in [0.717, 1.165) is 18.6 Å². The van der Waals surface area contributed by atoms with Crippen molar-refractivity contribution < 1.29 is 4.79 Å². The summed E-state index contributed by atoms with van der Waals surface area (Å²) in [6, 6.07) is 8.47. The summed E-state index contributed by atoms with van der Waals surface area (Å²) in [4.78, 5) is 14.7. The molecule has 1 amide bonds.